The Morgan fingerprint density at radius 3 is 2.33 bits per heavy atom. The third-order valence-electron chi connectivity index (χ3n) is 1.63. The first-order valence-corrected chi connectivity index (χ1v) is 3.12. The predicted molar refractivity (Wildman–Crippen MR) is 29.3 cm³/mol. The topological polar surface area (TPSA) is 9.23 Å². The second-order valence-electron chi connectivity index (χ2n) is 2.60. The zero-order valence-electron chi connectivity index (χ0n) is 5.31. The smallest absolute Gasteiger partial charge is 0.320 e. The zero-order valence-corrected chi connectivity index (χ0v) is 5.31. The second kappa shape index (κ2) is 2.60. The molecule has 0 aromatic rings. The molecule has 1 fully saturated rings. The minimum absolute atomic E-state index is 0.167. The van der Waals surface area contributed by atoms with Crippen LogP contribution in [0.5, 0.6) is 0 Å². The SMILES string of the molecule is CC1CC(OC(F)F)C1. The van der Waals surface area contributed by atoms with E-state index in [1.54, 1.807) is 0 Å². The van der Waals surface area contributed by atoms with E-state index in [9.17, 15) is 8.78 Å². The quantitative estimate of drug-likeness (QED) is 0.564. The summed E-state index contributed by atoms with van der Waals surface area (Å²) in [5.74, 6) is 0.578. The van der Waals surface area contributed by atoms with Gasteiger partial charge in [0.1, 0.15) is 0 Å². The molecule has 0 unspecified atom stereocenters. The van der Waals surface area contributed by atoms with Crippen molar-refractivity contribution in [3.63, 3.8) is 0 Å². The summed E-state index contributed by atoms with van der Waals surface area (Å²) >= 11 is 0. The van der Waals surface area contributed by atoms with Gasteiger partial charge in [-0.2, -0.15) is 8.78 Å². The second-order valence-corrected chi connectivity index (χ2v) is 2.60. The van der Waals surface area contributed by atoms with E-state index >= 15 is 0 Å². The summed E-state index contributed by atoms with van der Waals surface area (Å²) in [6.07, 6.45) is 1.43. The number of ether oxygens (including phenoxy) is 1. The number of hydrogen-bond acceptors (Lipinski definition) is 1. The fraction of sp³-hybridized carbons (Fsp3) is 1.00. The largest absolute Gasteiger partial charge is 0.345 e. The van der Waals surface area contributed by atoms with Crippen molar-refractivity contribution in [2.24, 2.45) is 5.92 Å². The molecular formula is C6H10F2O. The molecule has 0 amide bonds. The van der Waals surface area contributed by atoms with Crippen LogP contribution in [0.15, 0.2) is 0 Å². The average molecular weight is 136 g/mol. The van der Waals surface area contributed by atoms with Crippen LogP contribution in [-0.2, 0) is 4.74 Å². The van der Waals surface area contributed by atoms with E-state index in [0.29, 0.717) is 5.92 Å². The Morgan fingerprint density at radius 1 is 1.44 bits per heavy atom. The van der Waals surface area contributed by atoms with Crippen molar-refractivity contribution in [1.29, 1.82) is 0 Å². The van der Waals surface area contributed by atoms with Gasteiger partial charge in [0.05, 0.1) is 6.10 Å². The van der Waals surface area contributed by atoms with E-state index in [2.05, 4.69) is 4.74 Å². The highest BCUT2D eigenvalue weighted by molar-refractivity contribution is 4.76. The molecule has 9 heavy (non-hydrogen) atoms. The maximum absolute atomic E-state index is 11.4. The highest BCUT2D eigenvalue weighted by Crippen LogP contribution is 2.30. The van der Waals surface area contributed by atoms with Gasteiger partial charge in [-0.15, -0.1) is 0 Å². The molecule has 0 aromatic carbocycles. The van der Waals surface area contributed by atoms with E-state index in [1.807, 2.05) is 6.92 Å². The van der Waals surface area contributed by atoms with Crippen LogP contribution in [0.1, 0.15) is 19.8 Å². The Morgan fingerprint density at radius 2 is 2.00 bits per heavy atom. The first-order valence-electron chi connectivity index (χ1n) is 3.12. The van der Waals surface area contributed by atoms with Gasteiger partial charge in [0.2, 0.25) is 0 Å². The molecule has 1 aliphatic rings. The van der Waals surface area contributed by atoms with Crippen LogP contribution in [0.2, 0.25) is 0 Å². The highest BCUT2D eigenvalue weighted by Gasteiger charge is 2.28. The van der Waals surface area contributed by atoms with Crippen molar-refractivity contribution >= 4 is 0 Å². The number of alkyl halides is 2. The Hall–Kier alpha value is -0.180. The Bertz CT molecular complexity index is 89.1. The summed E-state index contributed by atoms with van der Waals surface area (Å²) in [4.78, 5) is 0. The molecule has 0 aliphatic heterocycles. The summed E-state index contributed by atoms with van der Waals surface area (Å²) in [6.45, 7) is -0.548. The molecule has 1 aliphatic carbocycles. The van der Waals surface area contributed by atoms with Crippen molar-refractivity contribution < 1.29 is 13.5 Å². The Labute approximate surface area is 53.0 Å². The molecule has 0 bridgehead atoms. The number of halogens is 2. The Balaban J connectivity index is 2.04. The van der Waals surface area contributed by atoms with E-state index in [4.69, 9.17) is 0 Å². The summed E-state index contributed by atoms with van der Waals surface area (Å²) in [6, 6.07) is 0. The third kappa shape index (κ3) is 1.90. The van der Waals surface area contributed by atoms with Crippen molar-refractivity contribution in [2.45, 2.75) is 32.5 Å². The summed E-state index contributed by atoms with van der Waals surface area (Å²) in [7, 11) is 0. The normalized spacial score (nSPS) is 34.7. The molecule has 0 atom stereocenters. The van der Waals surface area contributed by atoms with Crippen LogP contribution < -0.4 is 0 Å². The van der Waals surface area contributed by atoms with Crippen LogP contribution in [-0.4, -0.2) is 12.7 Å². The molecule has 54 valence electrons. The van der Waals surface area contributed by atoms with Gasteiger partial charge in [0.15, 0.2) is 0 Å². The summed E-state index contributed by atoms with van der Waals surface area (Å²) < 4.78 is 27.0. The van der Waals surface area contributed by atoms with Crippen molar-refractivity contribution in [3.8, 4) is 0 Å². The van der Waals surface area contributed by atoms with Crippen LogP contribution >= 0.6 is 0 Å². The average Bonchev–Trinajstić information content (AvgIpc) is 1.60. The molecule has 3 heteroatoms. The maximum Gasteiger partial charge on any atom is 0.345 e. The van der Waals surface area contributed by atoms with Gasteiger partial charge in [0, 0.05) is 0 Å². The Kier molecular flexibility index (Phi) is 2.01. The van der Waals surface area contributed by atoms with Gasteiger partial charge in [0.25, 0.3) is 0 Å². The monoisotopic (exact) mass is 136 g/mol. The number of rotatable bonds is 2. The number of hydrogen-bond donors (Lipinski definition) is 0. The van der Waals surface area contributed by atoms with Gasteiger partial charge >= 0.3 is 6.61 Å². The molecule has 0 N–H and O–H groups in total. The fourth-order valence-corrected chi connectivity index (χ4v) is 1.09. The van der Waals surface area contributed by atoms with E-state index in [-0.39, 0.29) is 6.10 Å². The molecule has 0 aromatic heterocycles. The third-order valence-corrected chi connectivity index (χ3v) is 1.63. The molecule has 1 rings (SSSR count). The van der Waals surface area contributed by atoms with E-state index in [1.165, 1.54) is 0 Å². The molecular weight excluding hydrogens is 126 g/mol. The van der Waals surface area contributed by atoms with Gasteiger partial charge in [-0.3, -0.25) is 0 Å². The van der Waals surface area contributed by atoms with E-state index in [0.717, 1.165) is 12.8 Å². The lowest BCUT2D eigenvalue weighted by Gasteiger charge is -2.31. The molecule has 0 heterocycles. The molecule has 1 nitrogen and oxygen atoms in total. The van der Waals surface area contributed by atoms with Crippen LogP contribution in [0, 0.1) is 5.92 Å². The van der Waals surface area contributed by atoms with Crippen LogP contribution in [0.25, 0.3) is 0 Å². The van der Waals surface area contributed by atoms with Crippen molar-refractivity contribution in [1.82, 2.24) is 0 Å². The lowest BCUT2D eigenvalue weighted by molar-refractivity contribution is -0.189. The molecule has 0 radical (unpaired) electrons. The maximum atomic E-state index is 11.4. The first kappa shape index (κ1) is 6.93. The van der Waals surface area contributed by atoms with Gasteiger partial charge < -0.3 is 4.74 Å². The lowest BCUT2D eigenvalue weighted by Crippen LogP contribution is -2.30. The molecule has 1 saturated carbocycles. The highest BCUT2D eigenvalue weighted by atomic mass is 19.3. The minimum atomic E-state index is -2.58. The van der Waals surface area contributed by atoms with Crippen molar-refractivity contribution in [3.05, 3.63) is 0 Å². The summed E-state index contributed by atoms with van der Waals surface area (Å²) in [5.41, 5.74) is 0. The predicted octanol–water partition coefficient (Wildman–Crippen LogP) is 2.02. The molecule has 0 spiro atoms. The fourth-order valence-electron chi connectivity index (χ4n) is 1.09. The summed E-state index contributed by atoms with van der Waals surface area (Å²) in [5, 5.41) is 0. The van der Waals surface area contributed by atoms with Crippen LogP contribution in [0.3, 0.4) is 0 Å². The lowest BCUT2D eigenvalue weighted by atomic mass is 9.84. The van der Waals surface area contributed by atoms with Crippen LogP contribution in [0.4, 0.5) is 8.78 Å². The minimum Gasteiger partial charge on any atom is -0.320 e. The standard InChI is InChI=1S/C6H10F2O/c1-4-2-5(3-4)9-6(7)8/h4-6H,2-3H2,1H3. The first-order chi connectivity index (χ1) is 4.18. The zero-order chi connectivity index (χ0) is 6.85. The van der Waals surface area contributed by atoms with E-state index < -0.39 is 6.61 Å². The van der Waals surface area contributed by atoms with Gasteiger partial charge in [-0.1, -0.05) is 6.92 Å². The van der Waals surface area contributed by atoms with Gasteiger partial charge in [-0.25, -0.2) is 0 Å². The van der Waals surface area contributed by atoms with Gasteiger partial charge in [-0.05, 0) is 18.8 Å². The molecule has 0 saturated heterocycles. The van der Waals surface area contributed by atoms with Crippen molar-refractivity contribution in [2.75, 3.05) is 0 Å².